The average molecular weight is 528 g/mol. The second-order valence-electron chi connectivity index (χ2n) is 7.48. The number of carboxylic acid groups (broad SMARTS) is 1. The van der Waals surface area contributed by atoms with E-state index in [9.17, 15) is 41.0 Å². The molecule has 34 heavy (non-hydrogen) atoms. The smallest absolute Gasteiger partial charge is 0.417 e. The fourth-order valence-corrected chi connectivity index (χ4v) is 3.78. The Labute approximate surface area is 197 Å². The normalized spacial score (nSPS) is 16.3. The van der Waals surface area contributed by atoms with Crippen LogP contribution in [0.3, 0.4) is 0 Å². The molecule has 182 valence electrons. The molecule has 1 heterocycles. The number of β-amino-alcohol motifs (C(OH)–C–C–N with tert-alkyl or cyclic N) is 1. The number of rotatable bonds is 4. The molecule has 2 aromatic carbocycles. The summed E-state index contributed by atoms with van der Waals surface area (Å²) in [5, 5.41) is 17.5. The highest BCUT2D eigenvalue weighted by atomic mass is 35.5. The molecule has 1 amide bonds. The first kappa shape index (κ1) is 25.9. The van der Waals surface area contributed by atoms with Crippen LogP contribution in [-0.2, 0) is 11.8 Å². The Bertz CT molecular complexity index is 1170. The summed E-state index contributed by atoms with van der Waals surface area (Å²) >= 11 is 11.1. The minimum atomic E-state index is -5.21. The van der Waals surface area contributed by atoms with E-state index in [1.54, 1.807) is 0 Å². The van der Waals surface area contributed by atoms with Gasteiger partial charge in [0.2, 0.25) is 0 Å². The second kappa shape index (κ2) is 8.79. The number of ketones is 1. The van der Waals surface area contributed by atoms with Crippen molar-refractivity contribution in [3.63, 3.8) is 0 Å². The monoisotopic (exact) mass is 527 g/mol. The number of benzene rings is 2. The number of carbonyl (C=O) groups excluding carboxylic acids is 1. The number of alkyl halides is 6. The van der Waals surface area contributed by atoms with Gasteiger partial charge in [-0.25, -0.2) is 4.79 Å². The molecular formula is C21H13Cl2F6NO4. The van der Waals surface area contributed by atoms with Crippen LogP contribution in [0.2, 0.25) is 10.0 Å². The van der Waals surface area contributed by atoms with E-state index >= 15 is 0 Å². The van der Waals surface area contributed by atoms with Crippen LogP contribution in [0.1, 0.15) is 27.0 Å². The van der Waals surface area contributed by atoms with E-state index in [1.165, 1.54) is 12.1 Å². The summed E-state index contributed by atoms with van der Waals surface area (Å²) in [5.74, 6) is -1.17. The zero-order valence-corrected chi connectivity index (χ0v) is 18.1. The van der Waals surface area contributed by atoms with Crippen molar-refractivity contribution < 1.29 is 46.1 Å². The molecule has 0 aliphatic carbocycles. The first-order valence-electron chi connectivity index (χ1n) is 9.23. The van der Waals surface area contributed by atoms with Crippen molar-refractivity contribution in [3.8, 4) is 0 Å². The quantitative estimate of drug-likeness (QED) is 0.289. The summed E-state index contributed by atoms with van der Waals surface area (Å²) in [6, 6.07) is 5.45. The first-order valence-corrected chi connectivity index (χ1v) is 9.99. The number of allylic oxidation sites excluding steroid dienone is 2. The van der Waals surface area contributed by atoms with Crippen molar-refractivity contribution in [1.29, 1.82) is 0 Å². The summed E-state index contributed by atoms with van der Waals surface area (Å²) in [5.41, 5.74) is -5.79. The summed E-state index contributed by atoms with van der Waals surface area (Å²) in [6.45, 7) is -0.459. The van der Waals surface area contributed by atoms with Gasteiger partial charge in [-0.3, -0.25) is 4.79 Å². The lowest BCUT2D eigenvalue weighted by Crippen LogP contribution is -2.60. The third-order valence-electron chi connectivity index (χ3n) is 5.11. The van der Waals surface area contributed by atoms with Gasteiger partial charge in [-0.05, 0) is 29.3 Å². The zero-order valence-electron chi connectivity index (χ0n) is 16.6. The van der Waals surface area contributed by atoms with E-state index in [0.717, 1.165) is 17.0 Å². The maximum Gasteiger partial charge on any atom is 0.417 e. The Kier molecular flexibility index (Phi) is 6.68. The van der Waals surface area contributed by atoms with Crippen molar-refractivity contribution in [2.45, 2.75) is 18.0 Å². The zero-order chi connectivity index (χ0) is 25.6. The molecule has 5 nitrogen and oxygen atoms in total. The highest BCUT2D eigenvalue weighted by Crippen LogP contribution is 2.43. The van der Waals surface area contributed by atoms with Crippen molar-refractivity contribution in [2.75, 3.05) is 13.1 Å². The molecule has 1 saturated heterocycles. The van der Waals surface area contributed by atoms with Crippen LogP contribution in [0.25, 0.3) is 5.57 Å². The lowest BCUT2D eigenvalue weighted by Gasteiger charge is -2.45. The van der Waals surface area contributed by atoms with Crippen LogP contribution in [0.15, 0.2) is 42.5 Å². The molecule has 0 atom stereocenters. The van der Waals surface area contributed by atoms with E-state index in [1.807, 2.05) is 0 Å². The minimum absolute atomic E-state index is 0.138. The van der Waals surface area contributed by atoms with Gasteiger partial charge in [0, 0.05) is 5.56 Å². The van der Waals surface area contributed by atoms with Gasteiger partial charge in [-0.1, -0.05) is 47.5 Å². The topological polar surface area (TPSA) is 77.8 Å². The molecule has 0 bridgehead atoms. The number of amides is 1. The summed E-state index contributed by atoms with van der Waals surface area (Å²) in [7, 11) is 0. The van der Waals surface area contributed by atoms with Crippen molar-refractivity contribution >= 4 is 40.7 Å². The Hall–Kier alpha value is -2.76. The standard InChI is InChI=1S/C21H13Cl2F6NO4/c22-15-6-11(5-14(17(15)23)21(27,28)29)13(20(24,25)26)7-16(31)10-1-3-12(4-2-10)19(34)8-30(9-19)18(32)33/h1-7,34H,8-9H2,(H,32,33). The molecule has 0 spiro atoms. The molecule has 0 unspecified atom stereocenters. The van der Waals surface area contributed by atoms with Gasteiger partial charge in [0.15, 0.2) is 5.78 Å². The highest BCUT2D eigenvalue weighted by Gasteiger charge is 2.45. The lowest BCUT2D eigenvalue weighted by atomic mass is 9.86. The lowest BCUT2D eigenvalue weighted by molar-refractivity contribution is -0.137. The van der Waals surface area contributed by atoms with Gasteiger partial charge in [-0.15, -0.1) is 0 Å². The molecular weight excluding hydrogens is 515 g/mol. The molecule has 13 heteroatoms. The van der Waals surface area contributed by atoms with E-state index < -0.39 is 56.6 Å². The molecule has 0 radical (unpaired) electrons. The summed E-state index contributed by atoms with van der Waals surface area (Å²) in [6.07, 6.45) is -11.4. The van der Waals surface area contributed by atoms with E-state index in [-0.39, 0.29) is 36.4 Å². The average Bonchev–Trinajstić information content (AvgIpc) is 2.69. The third-order valence-corrected chi connectivity index (χ3v) is 5.91. The molecule has 1 fully saturated rings. The molecule has 0 aromatic heterocycles. The number of nitrogens with zero attached hydrogens (tertiary/aromatic N) is 1. The number of carbonyl (C=O) groups is 2. The summed E-state index contributed by atoms with van der Waals surface area (Å²) in [4.78, 5) is 24.3. The second-order valence-corrected chi connectivity index (χ2v) is 8.27. The van der Waals surface area contributed by atoms with Crippen molar-refractivity contribution in [1.82, 2.24) is 4.90 Å². The number of halogens is 8. The largest absolute Gasteiger partial charge is 0.465 e. The molecule has 2 aromatic rings. The first-order chi connectivity index (χ1) is 15.5. The van der Waals surface area contributed by atoms with Crippen LogP contribution in [0.4, 0.5) is 31.1 Å². The predicted octanol–water partition coefficient (Wildman–Crippen LogP) is 6.02. The maximum absolute atomic E-state index is 13.7. The van der Waals surface area contributed by atoms with E-state index in [0.29, 0.717) is 6.07 Å². The fourth-order valence-electron chi connectivity index (χ4n) is 3.34. The van der Waals surface area contributed by atoms with Crippen LogP contribution < -0.4 is 0 Å². The number of hydrogen-bond acceptors (Lipinski definition) is 3. The minimum Gasteiger partial charge on any atom is -0.465 e. The molecule has 3 rings (SSSR count). The van der Waals surface area contributed by atoms with Gasteiger partial charge in [0.1, 0.15) is 5.60 Å². The van der Waals surface area contributed by atoms with Gasteiger partial charge in [-0.2, -0.15) is 26.3 Å². The Morgan fingerprint density at radius 3 is 2.00 bits per heavy atom. The van der Waals surface area contributed by atoms with Crippen LogP contribution >= 0.6 is 23.2 Å². The third kappa shape index (κ3) is 5.16. The summed E-state index contributed by atoms with van der Waals surface area (Å²) < 4.78 is 80.5. The maximum atomic E-state index is 13.7. The Morgan fingerprint density at radius 1 is 0.971 bits per heavy atom. The Balaban J connectivity index is 1.95. The van der Waals surface area contributed by atoms with Crippen LogP contribution in [0, 0.1) is 0 Å². The number of aliphatic hydroxyl groups is 1. The van der Waals surface area contributed by atoms with Gasteiger partial charge in [0.25, 0.3) is 0 Å². The van der Waals surface area contributed by atoms with Crippen LogP contribution in [-0.4, -0.2) is 46.3 Å². The van der Waals surface area contributed by atoms with E-state index in [4.69, 9.17) is 28.3 Å². The molecule has 2 N–H and O–H groups in total. The SMILES string of the molecule is O=C(C=C(c1cc(Cl)c(Cl)c(C(F)(F)F)c1)C(F)(F)F)c1ccc(C2(O)CN(C(=O)O)C2)cc1. The Morgan fingerprint density at radius 2 is 1.53 bits per heavy atom. The highest BCUT2D eigenvalue weighted by molar-refractivity contribution is 6.42. The van der Waals surface area contributed by atoms with Gasteiger partial charge >= 0.3 is 18.4 Å². The van der Waals surface area contributed by atoms with Crippen molar-refractivity contribution in [3.05, 3.63) is 74.8 Å². The molecule has 1 aliphatic heterocycles. The fraction of sp³-hybridized carbons (Fsp3) is 0.238. The predicted molar refractivity (Wildman–Crippen MR) is 110 cm³/mol. The number of hydrogen-bond donors (Lipinski definition) is 2. The van der Waals surface area contributed by atoms with Crippen molar-refractivity contribution in [2.24, 2.45) is 0 Å². The molecule has 0 saturated carbocycles. The van der Waals surface area contributed by atoms with E-state index in [2.05, 4.69) is 0 Å². The van der Waals surface area contributed by atoms with Crippen LogP contribution in [0.5, 0.6) is 0 Å². The van der Waals surface area contributed by atoms with Gasteiger partial charge in [0.05, 0.1) is 34.3 Å². The van der Waals surface area contributed by atoms with Gasteiger partial charge < -0.3 is 15.1 Å². The molecule has 1 aliphatic rings. The number of likely N-dealkylation sites (tertiary alicyclic amines) is 1.